The predicted octanol–water partition coefficient (Wildman–Crippen LogP) is 2.22. The highest BCUT2D eigenvalue weighted by atomic mass is 79.9. The molecule has 1 atom stereocenters. The molecule has 0 radical (unpaired) electrons. The molecule has 2 aromatic rings. The zero-order chi connectivity index (χ0) is 18.1. The van der Waals surface area contributed by atoms with Gasteiger partial charge in [0.05, 0.1) is 11.4 Å². The monoisotopic (exact) mass is 420 g/mol. The lowest BCUT2D eigenvalue weighted by Gasteiger charge is -2.22. The Balaban J connectivity index is 1.42. The van der Waals surface area contributed by atoms with Crippen LogP contribution in [-0.4, -0.2) is 48.3 Å². The molecule has 1 unspecified atom stereocenters. The van der Waals surface area contributed by atoms with Crippen LogP contribution in [0.15, 0.2) is 22.7 Å². The van der Waals surface area contributed by atoms with E-state index in [0.717, 1.165) is 41.4 Å². The normalized spacial score (nSPS) is 21.5. The maximum absolute atomic E-state index is 12.5. The Labute approximate surface area is 159 Å². The van der Waals surface area contributed by atoms with Gasteiger partial charge in [0, 0.05) is 42.6 Å². The molecule has 138 valence electrons. The predicted molar refractivity (Wildman–Crippen MR) is 101 cm³/mol. The molecule has 4 rings (SSSR count). The molecular formula is C18H21BrN4O3. The molecule has 1 aromatic carbocycles. The highest BCUT2D eigenvalue weighted by Gasteiger charge is 2.37. The number of carbonyl (C=O) groups excluding carboxylic acids is 2. The van der Waals surface area contributed by atoms with Crippen molar-refractivity contribution in [2.24, 2.45) is 11.8 Å². The minimum absolute atomic E-state index is 0.0464. The third-order valence-corrected chi connectivity index (χ3v) is 5.66. The molecule has 2 N–H and O–H groups in total. The number of fused-ring (bicyclic) bond motifs is 1. The average Bonchev–Trinajstić information content (AvgIpc) is 3.23. The molecule has 7 nitrogen and oxygen atoms in total. The number of carbonyl (C=O) groups is 2. The zero-order valence-electron chi connectivity index (χ0n) is 14.3. The van der Waals surface area contributed by atoms with Crippen molar-refractivity contribution in [1.29, 1.82) is 0 Å². The van der Waals surface area contributed by atoms with E-state index in [4.69, 9.17) is 4.74 Å². The van der Waals surface area contributed by atoms with Gasteiger partial charge in [-0.3, -0.25) is 19.6 Å². The number of nitrogens with zero attached hydrogens (tertiary/aromatic N) is 2. The van der Waals surface area contributed by atoms with E-state index in [-0.39, 0.29) is 24.2 Å². The maximum atomic E-state index is 12.5. The molecule has 2 amide bonds. The zero-order valence-corrected chi connectivity index (χ0v) is 15.9. The number of nitrogens with one attached hydrogen (secondary N) is 2. The van der Waals surface area contributed by atoms with Gasteiger partial charge in [-0.1, -0.05) is 15.9 Å². The van der Waals surface area contributed by atoms with Gasteiger partial charge in [-0.05, 0) is 37.0 Å². The number of rotatable bonds is 4. The van der Waals surface area contributed by atoms with Crippen LogP contribution in [0.4, 0.5) is 5.82 Å². The molecule has 2 aliphatic rings. The smallest absolute Gasteiger partial charge is 0.229 e. The Morgan fingerprint density at radius 2 is 2.19 bits per heavy atom. The number of ether oxygens (including phenoxy) is 1. The number of amides is 2. The molecule has 2 aliphatic heterocycles. The first kappa shape index (κ1) is 17.5. The Kier molecular flexibility index (Phi) is 4.95. The van der Waals surface area contributed by atoms with Crippen molar-refractivity contribution in [1.82, 2.24) is 15.5 Å². The lowest BCUT2D eigenvalue weighted by molar-refractivity contribution is -0.126. The summed E-state index contributed by atoms with van der Waals surface area (Å²) in [5.41, 5.74) is 0.856. The minimum atomic E-state index is -0.329. The van der Waals surface area contributed by atoms with Crippen molar-refractivity contribution >= 4 is 44.5 Å². The first-order valence-electron chi connectivity index (χ1n) is 8.91. The number of hydrogen-bond donors (Lipinski definition) is 2. The molecular weight excluding hydrogens is 400 g/mol. The van der Waals surface area contributed by atoms with Crippen LogP contribution in [0.25, 0.3) is 10.9 Å². The quantitative estimate of drug-likeness (QED) is 0.793. The van der Waals surface area contributed by atoms with E-state index in [2.05, 4.69) is 31.4 Å². The van der Waals surface area contributed by atoms with Gasteiger partial charge < -0.3 is 10.1 Å². The van der Waals surface area contributed by atoms with Gasteiger partial charge in [-0.15, -0.1) is 0 Å². The van der Waals surface area contributed by atoms with Gasteiger partial charge >= 0.3 is 0 Å². The summed E-state index contributed by atoms with van der Waals surface area (Å²) in [6.45, 7) is 2.55. The van der Waals surface area contributed by atoms with Crippen LogP contribution in [0.1, 0.15) is 19.3 Å². The van der Waals surface area contributed by atoms with Crippen LogP contribution < -0.4 is 10.2 Å². The Hall–Kier alpha value is -1.93. The SMILES string of the molecule is O=C(NCC1CCOCC1)C1CC(=O)N(c2n[nH]c3cc(Br)ccc23)C1. The third kappa shape index (κ3) is 3.48. The number of hydrogen-bond acceptors (Lipinski definition) is 4. The van der Waals surface area contributed by atoms with Crippen LogP contribution in [0.3, 0.4) is 0 Å². The van der Waals surface area contributed by atoms with E-state index >= 15 is 0 Å². The number of H-pyrrole nitrogens is 1. The van der Waals surface area contributed by atoms with E-state index in [9.17, 15) is 9.59 Å². The fourth-order valence-corrected chi connectivity index (χ4v) is 3.97. The highest BCUT2D eigenvalue weighted by Crippen LogP contribution is 2.31. The van der Waals surface area contributed by atoms with E-state index in [1.165, 1.54) is 0 Å². The molecule has 0 bridgehead atoms. The lowest BCUT2D eigenvalue weighted by atomic mass is 10.00. The number of halogens is 1. The summed E-state index contributed by atoms with van der Waals surface area (Å²) in [4.78, 5) is 26.6. The second kappa shape index (κ2) is 7.36. The lowest BCUT2D eigenvalue weighted by Crippen LogP contribution is -2.37. The molecule has 3 heterocycles. The molecule has 2 fully saturated rings. The van der Waals surface area contributed by atoms with Gasteiger partial charge in [-0.2, -0.15) is 5.10 Å². The summed E-state index contributed by atoms with van der Waals surface area (Å²) in [5, 5.41) is 11.1. The fraction of sp³-hybridized carbons (Fsp3) is 0.500. The first-order valence-corrected chi connectivity index (χ1v) is 9.70. The summed E-state index contributed by atoms with van der Waals surface area (Å²) < 4.78 is 6.28. The highest BCUT2D eigenvalue weighted by molar-refractivity contribution is 9.10. The Bertz CT molecular complexity index is 831. The molecule has 0 spiro atoms. The molecule has 26 heavy (non-hydrogen) atoms. The molecule has 2 saturated heterocycles. The van der Waals surface area contributed by atoms with Crippen LogP contribution in [0, 0.1) is 11.8 Å². The van der Waals surface area contributed by atoms with Gasteiger partial charge in [-0.25, -0.2) is 0 Å². The van der Waals surface area contributed by atoms with Crippen molar-refractivity contribution in [3.63, 3.8) is 0 Å². The Morgan fingerprint density at radius 3 is 3.00 bits per heavy atom. The van der Waals surface area contributed by atoms with Crippen LogP contribution in [-0.2, 0) is 14.3 Å². The summed E-state index contributed by atoms with van der Waals surface area (Å²) in [6, 6.07) is 5.76. The van der Waals surface area contributed by atoms with E-state index in [1.54, 1.807) is 4.90 Å². The van der Waals surface area contributed by atoms with Crippen molar-refractivity contribution in [3.8, 4) is 0 Å². The second-order valence-corrected chi connectivity index (χ2v) is 7.86. The molecule has 8 heteroatoms. The largest absolute Gasteiger partial charge is 0.381 e. The fourth-order valence-electron chi connectivity index (χ4n) is 3.61. The number of aromatic nitrogens is 2. The van der Waals surface area contributed by atoms with Crippen LogP contribution in [0.5, 0.6) is 0 Å². The standard InChI is InChI=1S/C18H21BrN4O3/c19-13-1-2-14-15(8-13)21-22-17(14)23-10-12(7-16(23)24)18(25)20-9-11-3-5-26-6-4-11/h1-2,8,11-12H,3-7,9-10H2,(H,20,25)(H,21,22). The third-order valence-electron chi connectivity index (χ3n) is 5.16. The van der Waals surface area contributed by atoms with Crippen molar-refractivity contribution in [2.75, 3.05) is 31.2 Å². The van der Waals surface area contributed by atoms with E-state index < -0.39 is 0 Å². The van der Waals surface area contributed by atoms with Crippen LogP contribution >= 0.6 is 15.9 Å². The van der Waals surface area contributed by atoms with Crippen molar-refractivity contribution < 1.29 is 14.3 Å². The Morgan fingerprint density at radius 1 is 1.38 bits per heavy atom. The second-order valence-electron chi connectivity index (χ2n) is 6.94. The van der Waals surface area contributed by atoms with Gasteiger partial charge in [0.25, 0.3) is 0 Å². The van der Waals surface area contributed by atoms with Gasteiger partial charge in [0.1, 0.15) is 0 Å². The topological polar surface area (TPSA) is 87.3 Å². The number of aromatic amines is 1. The summed E-state index contributed by atoms with van der Waals surface area (Å²) in [5.74, 6) is 0.624. The summed E-state index contributed by atoms with van der Waals surface area (Å²) in [6.07, 6.45) is 2.18. The van der Waals surface area contributed by atoms with Gasteiger partial charge in [0.15, 0.2) is 5.82 Å². The van der Waals surface area contributed by atoms with E-state index in [0.29, 0.717) is 24.8 Å². The van der Waals surface area contributed by atoms with Crippen LogP contribution in [0.2, 0.25) is 0 Å². The molecule has 1 aromatic heterocycles. The van der Waals surface area contributed by atoms with Gasteiger partial charge in [0.2, 0.25) is 11.8 Å². The van der Waals surface area contributed by atoms with Crippen molar-refractivity contribution in [3.05, 3.63) is 22.7 Å². The summed E-state index contributed by atoms with van der Waals surface area (Å²) >= 11 is 3.43. The minimum Gasteiger partial charge on any atom is -0.381 e. The first-order chi connectivity index (χ1) is 12.6. The summed E-state index contributed by atoms with van der Waals surface area (Å²) in [7, 11) is 0. The maximum Gasteiger partial charge on any atom is 0.229 e. The van der Waals surface area contributed by atoms with Crippen molar-refractivity contribution in [2.45, 2.75) is 19.3 Å². The molecule has 0 saturated carbocycles. The average molecular weight is 421 g/mol. The molecule has 0 aliphatic carbocycles. The number of benzene rings is 1. The number of anilines is 1. The van der Waals surface area contributed by atoms with E-state index in [1.807, 2.05) is 18.2 Å².